The van der Waals surface area contributed by atoms with E-state index < -0.39 is 0 Å². The predicted octanol–water partition coefficient (Wildman–Crippen LogP) is 4.41. The lowest BCUT2D eigenvalue weighted by Crippen LogP contribution is -2.51. The van der Waals surface area contributed by atoms with E-state index in [-0.39, 0.29) is 18.1 Å². The molecule has 0 radical (unpaired) electrons. The highest BCUT2D eigenvalue weighted by Crippen LogP contribution is 2.27. The molecule has 32 heavy (non-hydrogen) atoms. The lowest BCUT2D eigenvalue weighted by molar-refractivity contribution is -0.0156. The standard InChI is InChI=1S/C27H36N2O3/c1-31-26-14-8-17-29-25(26)13-5-6-16-28(18-15-22-9-3-2-4-10-22)19-20-32-24-12-7-11-23(21-24)27(29)30/h2-4,7,9-12,21,25-26H,5-6,8,13-20H2,1H3/t25-,26-/m1/s1. The molecule has 1 fully saturated rings. The minimum Gasteiger partial charge on any atom is -0.492 e. The first-order chi connectivity index (χ1) is 15.7. The van der Waals surface area contributed by atoms with Gasteiger partial charge in [-0.15, -0.1) is 0 Å². The molecule has 2 atom stereocenters. The summed E-state index contributed by atoms with van der Waals surface area (Å²) in [4.78, 5) is 17.9. The Balaban J connectivity index is 1.48. The van der Waals surface area contributed by atoms with Crippen LogP contribution in [0.15, 0.2) is 54.6 Å². The maximum absolute atomic E-state index is 13.4. The number of rotatable bonds is 4. The van der Waals surface area contributed by atoms with Crippen molar-refractivity contribution in [2.45, 2.75) is 50.7 Å². The van der Waals surface area contributed by atoms with Gasteiger partial charge in [-0.2, -0.15) is 0 Å². The van der Waals surface area contributed by atoms with E-state index in [1.807, 2.05) is 24.3 Å². The number of methoxy groups -OCH3 is 1. The summed E-state index contributed by atoms with van der Waals surface area (Å²) in [5.74, 6) is 0.872. The molecule has 2 heterocycles. The molecule has 2 aliphatic heterocycles. The quantitative estimate of drug-likeness (QED) is 0.712. The van der Waals surface area contributed by atoms with Crippen molar-refractivity contribution >= 4 is 5.91 Å². The molecule has 2 aromatic carbocycles. The summed E-state index contributed by atoms with van der Waals surface area (Å²) in [5.41, 5.74) is 2.09. The first-order valence-corrected chi connectivity index (χ1v) is 12.1. The molecule has 172 valence electrons. The minimum absolute atomic E-state index is 0.101. The monoisotopic (exact) mass is 436 g/mol. The third-order valence-electron chi connectivity index (χ3n) is 6.82. The number of piperidine rings is 1. The van der Waals surface area contributed by atoms with Crippen LogP contribution in [-0.4, -0.2) is 67.7 Å². The predicted molar refractivity (Wildman–Crippen MR) is 127 cm³/mol. The number of hydrogen-bond acceptors (Lipinski definition) is 4. The van der Waals surface area contributed by atoms with Crippen LogP contribution in [0.25, 0.3) is 0 Å². The molecule has 0 aromatic heterocycles. The Morgan fingerprint density at radius 1 is 0.969 bits per heavy atom. The summed E-state index contributed by atoms with van der Waals surface area (Å²) in [6, 6.07) is 18.5. The third-order valence-corrected chi connectivity index (χ3v) is 6.82. The summed E-state index contributed by atoms with van der Waals surface area (Å²) in [6.07, 6.45) is 6.39. The van der Waals surface area contributed by atoms with Crippen LogP contribution in [-0.2, 0) is 11.2 Å². The maximum atomic E-state index is 13.4. The molecule has 2 bridgehead atoms. The van der Waals surface area contributed by atoms with Crippen LogP contribution >= 0.6 is 0 Å². The molecule has 5 heteroatoms. The molecule has 0 aliphatic carbocycles. The molecular formula is C27H36N2O3. The molecule has 0 spiro atoms. The van der Waals surface area contributed by atoms with Crippen molar-refractivity contribution in [2.75, 3.05) is 39.9 Å². The van der Waals surface area contributed by atoms with Crippen LogP contribution in [0.5, 0.6) is 5.75 Å². The Bertz CT molecular complexity index is 857. The highest BCUT2D eigenvalue weighted by atomic mass is 16.5. The zero-order chi connectivity index (χ0) is 22.2. The highest BCUT2D eigenvalue weighted by Gasteiger charge is 2.34. The van der Waals surface area contributed by atoms with E-state index in [4.69, 9.17) is 9.47 Å². The Morgan fingerprint density at radius 2 is 1.84 bits per heavy atom. The SMILES string of the molecule is CO[C@@H]1CCCN2C(=O)c3cccc(c3)OCCN(CCc3ccccc3)CCCC[C@H]12. The summed E-state index contributed by atoms with van der Waals surface area (Å²) < 4.78 is 11.9. The second-order valence-electron chi connectivity index (χ2n) is 8.93. The molecule has 0 saturated carbocycles. The number of amides is 1. The molecule has 2 aromatic rings. The number of hydrogen-bond donors (Lipinski definition) is 0. The van der Waals surface area contributed by atoms with Gasteiger partial charge in [-0.25, -0.2) is 0 Å². The fourth-order valence-electron chi connectivity index (χ4n) is 5.02. The normalized spacial score (nSPS) is 23.2. The number of carbonyl (C=O) groups is 1. The fraction of sp³-hybridized carbons (Fsp3) is 0.519. The third kappa shape index (κ3) is 5.90. The molecule has 0 N–H and O–H groups in total. The Labute approximate surface area is 192 Å². The topological polar surface area (TPSA) is 42.0 Å². The maximum Gasteiger partial charge on any atom is 0.254 e. The van der Waals surface area contributed by atoms with E-state index in [0.29, 0.717) is 12.2 Å². The highest BCUT2D eigenvalue weighted by molar-refractivity contribution is 5.95. The summed E-state index contributed by atoms with van der Waals surface area (Å²) in [5, 5.41) is 0. The second kappa shape index (κ2) is 11.5. The molecule has 5 nitrogen and oxygen atoms in total. The van der Waals surface area contributed by atoms with Crippen LogP contribution in [0.3, 0.4) is 0 Å². The van der Waals surface area contributed by atoms with Crippen LogP contribution in [0.1, 0.15) is 48.0 Å². The van der Waals surface area contributed by atoms with Gasteiger partial charge in [0, 0.05) is 32.3 Å². The second-order valence-corrected chi connectivity index (χ2v) is 8.93. The number of fused-ring (bicyclic) bond motifs is 3. The van der Waals surface area contributed by atoms with Gasteiger partial charge >= 0.3 is 0 Å². The van der Waals surface area contributed by atoms with Crippen molar-refractivity contribution < 1.29 is 14.3 Å². The van der Waals surface area contributed by atoms with Crippen LogP contribution < -0.4 is 4.74 Å². The molecule has 1 saturated heterocycles. The average Bonchev–Trinajstić information content (AvgIpc) is 2.84. The van der Waals surface area contributed by atoms with Crippen molar-refractivity contribution in [3.05, 3.63) is 65.7 Å². The van der Waals surface area contributed by atoms with E-state index in [2.05, 4.69) is 40.1 Å². The van der Waals surface area contributed by atoms with Crippen molar-refractivity contribution in [1.29, 1.82) is 0 Å². The summed E-state index contributed by atoms with van der Waals surface area (Å²) in [7, 11) is 1.78. The van der Waals surface area contributed by atoms with Gasteiger partial charge in [-0.1, -0.05) is 42.8 Å². The first kappa shape index (κ1) is 22.8. The smallest absolute Gasteiger partial charge is 0.254 e. The fourth-order valence-corrected chi connectivity index (χ4v) is 5.02. The van der Waals surface area contributed by atoms with E-state index in [0.717, 1.165) is 70.5 Å². The van der Waals surface area contributed by atoms with Gasteiger partial charge in [-0.05, 0) is 62.4 Å². The van der Waals surface area contributed by atoms with Gasteiger partial charge in [0.1, 0.15) is 12.4 Å². The number of carbonyl (C=O) groups excluding carboxylic acids is 1. The van der Waals surface area contributed by atoms with Gasteiger partial charge < -0.3 is 14.4 Å². The van der Waals surface area contributed by atoms with Crippen LogP contribution in [0.4, 0.5) is 0 Å². The number of ether oxygens (including phenoxy) is 2. The summed E-state index contributed by atoms with van der Waals surface area (Å²) in [6.45, 7) is 4.40. The van der Waals surface area contributed by atoms with Gasteiger partial charge in [0.2, 0.25) is 0 Å². The molecular weight excluding hydrogens is 400 g/mol. The van der Waals surface area contributed by atoms with Crippen LogP contribution in [0, 0.1) is 0 Å². The zero-order valence-corrected chi connectivity index (χ0v) is 19.2. The molecule has 4 rings (SSSR count). The zero-order valence-electron chi connectivity index (χ0n) is 19.2. The molecule has 1 amide bonds. The Morgan fingerprint density at radius 3 is 2.69 bits per heavy atom. The summed E-state index contributed by atoms with van der Waals surface area (Å²) >= 11 is 0. The van der Waals surface area contributed by atoms with E-state index in [9.17, 15) is 4.79 Å². The van der Waals surface area contributed by atoms with Crippen molar-refractivity contribution in [3.8, 4) is 5.75 Å². The van der Waals surface area contributed by atoms with Gasteiger partial charge in [0.15, 0.2) is 0 Å². The Hall–Kier alpha value is -2.37. The lowest BCUT2D eigenvalue weighted by atomic mass is 9.93. The van der Waals surface area contributed by atoms with E-state index in [1.54, 1.807) is 7.11 Å². The van der Waals surface area contributed by atoms with Crippen molar-refractivity contribution in [1.82, 2.24) is 9.80 Å². The van der Waals surface area contributed by atoms with Crippen LogP contribution in [0.2, 0.25) is 0 Å². The average molecular weight is 437 g/mol. The number of nitrogens with zero attached hydrogens (tertiary/aromatic N) is 2. The van der Waals surface area contributed by atoms with Crippen molar-refractivity contribution in [2.24, 2.45) is 0 Å². The van der Waals surface area contributed by atoms with E-state index in [1.165, 1.54) is 5.56 Å². The van der Waals surface area contributed by atoms with Gasteiger partial charge in [0.25, 0.3) is 5.91 Å². The lowest BCUT2D eigenvalue weighted by Gasteiger charge is -2.41. The largest absolute Gasteiger partial charge is 0.492 e. The number of benzene rings is 2. The van der Waals surface area contributed by atoms with Gasteiger partial charge in [0.05, 0.1) is 12.1 Å². The van der Waals surface area contributed by atoms with Gasteiger partial charge in [-0.3, -0.25) is 9.69 Å². The van der Waals surface area contributed by atoms with E-state index >= 15 is 0 Å². The first-order valence-electron chi connectivity index (χ1n) is 12.1. The minimum atomic E-state index is 0.101. The van der Waals surface area contributed by atoms with Crippen molar-refractivity contribution in [3.63, 3.8) is 0 Å². The molecule has 2 aliphatic rings. The molecule has 0 unspecified atom stereocenters. The Kier molecular flexibility index (Phi) is 8.18.